The Bertz CT molecular complexity index is 243. The van der Waals surface area contributed by atoms with Gasteiger partial charge < -0.3 is 10.1 Å². The number of rotatable bonds is 12. The molecule has 1 saturated heterocycles. The molecule has 0 aromatic heterocycles. The van der Waals surface area contributed by atoms with Gasteiger partial charge in [-0.3, -0.25) is 0 Å². The highest BCUT2D eigenvalue weighted by molar-refractivity contribution is 5.69. The van der Waals surface area contributed by atoms with E-state index < -0.39 is 0 Å². The van der Waals surface area contributed by atoms with Gasteiger partial charge in [0.15, 0.2) is 0 Å². The molecular weight excluding hydrogens is 250 g/mol. The van der Waals surface area contributed by atoms with E-state index in [9.17, 15) is 4.79 Å². The summed E-state index contributed by atoms with van der Waals surface area (Å²) < 4.78 is 5.30. The van der Waals surface area contributed by atoms with Crippen molar-refractivity contribution in [2.45, 2.75) is 90.6 Å². The van der Waals surface area contributed by atoms with Gasteiger partial charge in [-0.15, -0.1) is 0 Å². The van der Waals surface area contributed by atoms with E-state index in [4.69, 9.17) is 4.74 Å². The molecule has 1 amide bonds. The van der Waals surface area contributed by atoms with Crippen molar-refractivity contribution in [1.29, 1.82) is 0 Å². The Morgan fingerprint density at radius 3 is 2.10 bits per heavy atom. The first-order valence-electron chi connectivity index (χ1n) is 8.70. The summed E-state index contributed by atoms with van der Waals surface area (Å²) in [4.78, 5) is 11.1. The van der Waals surface area contributed by atoms with Crippen LogP contribution in [0.1, 0.15) is 84.5 Å². The Hall–Kier alpha value is -0.730. The summed E-state index contributed by atoms with van der Waals surface area (Å²) >= 11 is 0. The van der Waals surface area contributed by atoms with Gasteiger partial charge in [-0.25, -0.2) is 4.79 Å². The standard InChI is InChI=1S/C17H33NO2/c1-3-5-7-9-11-15(12-10-8-6-4-2)13-16-14-18-17(19)20-16/h15-16H,3-14H2,1-2H3,(H,18,19). The van der Waals surface area contributed by atoms with Gasteiger partial charge in [-0.1, -0.05) is 78.1 Å². The molecule has 0 aromatic rings. The minimum Gasteiger partial charge on any atom is -0.444 e. The molecule has 1 heterocycles. The van der Waals surface area contributed by atoms with Crippen molar-refractivity contribution in [3.63, 3.8) is 0 Å². The van der Waals surface area contributed by atoms with Gasteiger partial charge in [-0.2, -0.15) is 0 Å². The van der Waals surface area contributed by atoms with Crippen LogP contribution in [-0.2, 0) is 4.74 Å². The van der Waals surface area contributed by atoms with Crippen LogP contribution in [0.15, 0.2) is 0 Å². The third-order valence-corrected chi connectivity index (χ3v) is 4.28. The van der Waals surface area contributed by atoms with Crippen LogP contribution in [-0.4, -0.2) is 18.7 Å². The number of cyclic esters (lactones) is 1. The Labute approximate surface area is 124 Å². The molecule has 0 bridgehead atoms. The van der Waals surface area contributed by atoms with Crippen LogP contribution in [0.4, 0.5) is 4.79 Å². The van der Waals surface area contributed by atoms with Crippen molar-refractivity contribution in [3.05, 3.63) is 0 Å². The monoisotopic (exact) mass is 283 g/mol. The highest BCUT2D eigenvalue weighted by Crippen LogP contribution is 2.24. The molecule has 3 nitrogen and oxygen atoms in total. The van der Waals surface area contributed by atoms with Crippen molar-refractivity contribution in [2.24, 2.45) is 5.92 Å². The van der Waals surface area contributed by atoms with Gasteiger partial charge in [0.25, 0.3) is 0 Å². The molecule has 1 fully saturated rings. The van der Waals surface area contributed by atoms with E-state index in [1.54, 1.807) is 0 Å². The number of amides is 1. The molecule has 1 rings (SSSR count). The highest BCUT2D eigenvalue weighted by Gasteiger charge is 2.25. The first-order valence-corrected chi connectivity index (χ1v) is 8.70. The fourth-order valence-corrected chi connectivity index (χ4v) is 3.03. The van der Waals surface area contributed by atoms with Crippen LogP contribution < -0.4 is 5.32 Å². The van der Waals surface area contributed by atoms with E-state index in [1.165, 1.54) is 64.2 Å². The van der Waals surface area contributed by atoms with E-state index >= 15 is 0 Å². The first kappa shape index (κ1) is 17.3. The summed E-state index contributed by atoms with van der Waals surface area (Å²) in [7, 11) is 0. The fourth-order valence-electron chi connectivity index (χ4n) is 3.03. The molecule has 1 unspecified atom stereocenters. The first-order chi connectivity index (χ1) is 9.76. The molecule has 1 N–H and O–H groups in total. The minimum atomic E-state index is -0.231. The molecule has 118 valence electrons. The van der Waals surface area contributed by atoms with Crippen LogP contribution in [0.5, 0.6) is 0 Å². The number of ether oxygens (including phenoxy) is 1. The average molecular weight is 283 g/mol. The zero-order valence-corrected chi connectivity index (χ0v) is 13.5. The third kappa shape index (κ3) is 7.76. The number of alkyl carbamates (subject to hydrolysis) is 1. The lowest BCUT2D eigenvalue weighted by Gasteiger charge is -2.19. The third-order valence-electron chi connectivity index (χ3n) is 4.28. The smallest absolute Gasteiger partial charge is 0.407 e. The average Bonchev–Trinajstić information content (AvgIpc) is 2.84. The summed E-state index contributed by atoms with van der Waals surface area (Å²) in [5, 5.41) is 2.77. The normalized spacial score (nSPS) is 18.4. The van der Waals surface area contributed by atoms with Gasteiger partial charge >= 0.3 is 6.09 Å². The molecule has 1 aliphatic heterocycles. The molecule has 3 heteroatoms. The number of hydrogen-bond acceptors (Lipinski definition) is 2. The van der Waals surface area contributed by atoms with Crippen molar-refractivity contribution in [1.82, 2.24) is 5.32 Å². The highest BCUT2D eigenvalue weighted by atomic mass is 16.6. The maximum atomic E-state index is 11.1. The van der Waals surface area contributed by atoms with E-state index in [2.05, 4.69) is 19.2 Å². The van der Waals surface area contributed by atoms with Crippen LogP contribution in [0, 0.1) is 5.92 Å². The Morgan fingerprint density at radius 1 is 1.05 bits per heavy atom. The molecule has 1 atom stereocenters. The van der Waals surface area contributed by atoms with Crippen LogP contribution in [0.3, 0.4) is 0 Å². The van der Waals surface area contributed by atoms with Crippen LogP contribution >= 0.6 is 0 Å². The quantitative estimate of drug-likeness (QED) is 0.509. The fraction of sp³-hybridized carbons (Fsp3) is 0.941. The largest absolute Gasteiger partial charge is 0.444 e. The number of carbonyl (C=O) groups is 1. The SMILES string of the molecule is CCCCCCC(CCCCCC)CC1CNC(=O)O1. The molecule has 0 aliphatic carbocycles. The Balaban J connectivity index is 2.23. The van der Waals surface area contributed by atoms with E-state index in [-0.39, 0.29) is 12.2 Å². The van der Waals surface area contributed by atoms with E-state index in [1.807, 2.05) is 0 Å². The topological polar surface area (TPSA) is 38.3 Å². The lowest BCUT2D eigenvalue weighted by atomic mass is 9.89. The van der Waals surface area contributed by atoms with Gasteiger partial charge in [0, 0.05) is 0 Å². The van der Waals surface area contributed by atoms with E-state index in [0.717, 1.165) is 12.3 Å². The number of hydrogen-bond donors (Lipinski definition) is 1. The van der Waals surface area contributed by atoms with Crippen molar-refractivity contribution < 1.29 is 9.53 Å². The van der Waals surface area contributed by atoms with Crippen LogP contribution in [0.25, 0.3) is 0 Å². The number of carbonyl (C=O) groups excluding carboxylic acids is 1. The molecule has 0 spiro atoms. The predicted molar refractivity (Wildman–Crippen MR) is 83.9 cm³/mol. The molecule has 0 saturated carbocycles. The molecule has 0 radical (unpaired) electrons. The summed E-state index contributed by atoms with van der Waals surface area (Å²) in [5.74, 6) is 0.737. The molecular formula is C17H33NO2. The lowest BCUT2D eigenvalue weighted by Crippen LogP contribution is -2.18. The summed E-state index contributed by atoms with van der Waals surface area (Å²) in [6.07, 6.45) is 14.2. The maximum absolute atomic E-state index is 11.1. The summed E-state index contributed by atoms with van der Waals surface area (Å²) in [6.45, 7) is 5.22. The van der Waals surface area contributed by atoms with Crippen LogP contribution in [0.2, 0.25) is 0 Å². The predicted octanol–water partition coefficient (Wildman–Crippen LogP) is 5.04. The Kier molecular flexibility index (Phi) is 9.52. The van der Waals surface area contributed by atoms with E-state index in [0.29, 0.717) is 6.54 Å². The second kappa shape index (κ2) is 11.0. The lowest BCUT2D eigenvalue weighted by molar-refractivity contribution is 0.121. The maximum Gasteiger partial charge on any atom is 0.407 e. The van der Waals surface area contributed by atoms with Gasteiger partial charge in [-0.05, 0) is 12.3 Å². The van der Waals surface area contributed by atoms with Gasteiger partial charge in [0.1, 0.15) is 6.10 Å². The molecule has 1 aliphatic rings. The number of nitrogens with one attached hydrogen (secondary N) is 1. The minimum absolute atomic E-state index is 0.116. The van der Waals surface area contributed by atoms with Crippen molar-refractivity contribution in [2.75, 3.05) is 6.54 Å². The summed E-state index contributed by atoms with van der Waals surface area (Å²) in [6, 6.07) is 0. The second-order valence-corrected chi connectivity index (χ2v) is 6.21. The molecule has 20 heavy (non-hydrogen) atoms. The second-order valence-electron chi connectivity index (χ2n) is 6.21. The number of unbranched alkanes of at least 4 members (excludes halogenated alkanes) is 6. The molecule has 0 aromatic carbocycles. The van der Waals surface area contributed by atoms with Crippen molar-refractivity contribution in [3.8, 4) is 0 Å². The van der Waals surface area contributed by atoms with Gasteiger partial charge in [0.05, 0.1) is 6.54 Å². The van der Waals surface area contributed by atoms with Crippen molar-refractivity contribution >= 4 is 6.09 Å². The zero-order valence-electron chi connectivity index (χ0n) is 13.5. The Morgan fingerprint density at radius 2 is 1.65 bits per heavy atom. The zero-order chi connectivity index (χ0) is 14.6. The summed E-state index contributed by atoms with van der Waals surface area (Å²) in [5.41, 5.74) is 0. The van der Waals surface area contributed by atoms with Gasteiger partial charge in [0.2, 0.25) is 0 Å².